The van der Waals surface area contributed by atoms with Crippen molar-refractivity contribution in [3.8, 4) is 21.7 Å². The van der Waals surface area contributed by atoms with Gasteiger partial charge in [-0.3, -0.25) is 10.3 Å². The van der Waals surface area contributed by atoms with Gasteiger partial charge in [-0.15, -0.1) is 0 Å². The summed E-state index contributed by atoms with van der Waals surface area (Å²) in [4.78, 5) is 20.9. The van der Waals surface area contributed by atoms with E-state index in [2.05, 4.69) is 20.6 Å². The second kappa shape index (κ2) is 7.75. The van der Waals surface area contributed by atoms with Gasteiger partial charge in [-0.25, -0.2) is 9.78 Å². The lowest BCUT2D eigenvalue weighted by Gasteiger charge is -2.07. The minimum Gasteiger partial charge on any atom is -0.338 e. The third-order valence-corrected chi connectivity index (χ3v) is 4.63. The molecule has 0 aliphatic rings. The van der Waals surface area contributed by atoms with Gasteiger partial charge in [-0.2, -0.15) is 13.2 Å². The molecule has 3 rings (SSSR count). The highest BCUT2D eigenvalue weighted by Crippen LogP contribution is 2.39. The molecule has 2 heterocycles. The van der Waals surface area contributed by atoms with Crippen molar-refractivity contribution in [1.82, 2.24) is 15.3 Å². The topological polar surface area (TPSA) is 66.9 Å². The van der Waals surface area contributed by atoms with Gasteiger partial charge in [-0.05, 0) is 36.8 Å². The SMILES string of the molecule is CCNC(=O)Nc1nc(-c2ccc(C(F)(F)F)cc2)c(-c2ccncc2)s1. The van der Waals surface area contributed by atoms with E-state index in [9.17, 15) is 18.0 Å². The molecule has 140 valence electrons. The number of alkyl halides is 3. The highest BCUT2D eigenvalue weighted by atomic mass is 32.1. The van der Waals surface area contributed by atoms with Crippen LogP contribution in [-0.4, -0.2) is 22.5 Å². The number of anilines is 1. The molecule has 1 aromatic carbocycles. The molecule has 9 heteroatoms. The smallest absolute Gasteiger partial charge is 0.338 e. The molecule has 0 spiro atoms. The van der Waals surface area contributed by atoms with E-state index in [1.165, 1.54) is 23.5 Å². The quantitative estimate of drug-likeness (QED) is 0.654. The maximum Gasteiger partial charge on any atom is 0.416 e. The van der Waals surface area contributed by atoms with Crippen LogP contribution in [-0.2, 0) is 6.18 Å². The minimum atomic E-state index is -4.40. The van der Waals surface area contributed by atoms with E-state index in [0.29, 0.717) is 22.9 Å². The molecule has 0 atom stereocenters. The molecular formula is C18H15F3N4OS. The highest BCUT2D eigenvalue weighted by Gasteiger charge is 2.30. The van der Waals surface area contributed by atoms with Crippen LogP contribution in [0.25, 0.3) is 21.7 Å². The number of amides is 2. The van der Waals surface area contributed by atoms with E-state index in [0.717, 1.165) is 22.6 Å². The first-order chi connectivity index (χ1) is 12.9. The van der Waals surface area contributed by atoms with Gasteiger partial charge in [0.2, 0.25) is 0 Å². The van der Waals surface area contributed by atoms with Crippen LogP contribution in [0.5, 0.6) is 0 Å². The van der Waals surface area contributed by atoms with E-state index in [1.54, 1.807) is 31.5 Å². The van der Waals surface area contributed by atoms with Gasteiger partial charge >= 0.3 is 12.2 Å². The zero-order chi connectivity index (χ0) is 19.4. The number of nitrogens with one attached hydrogen (secondary N) is 2. The van der Waals surface area contributed by atoms with Crippen molar-refractivity contribution in [2.45, 2.75) is 13.1 Å². The van der Waals surface area contributed by atoms with Crippen LogP contribution in [0.1, 0.15) is 12.5 Å². The zero-order valence-corrected chi connectivity index (χ0v) is 15.0. The van der Waals surface area contributed by atoms with E-state index in [-0.39, 0.29) is 0 Å². The third-order valence-electron chi connectivity index (χ3n) is 3.61. The normalized spacial score (nSPS) is 11.3. The average Bonchev–Trinajstić information content (AvgIpc) is 3.06. The van der Waals surface area contributed by atoms with Crippen LogP contribution in [0.4, 0.5) is 23.1 Å². The Hall–Kier alpha value is -2.94. The summed E-state index contributed by atoms with van der Waals surface area (Å²) in [6, 6.07) is 7.93. The van der Waals surface area contributed by atoms with Crippen LogP contribution in [0.2, 0.25) is 0 Å². The average molecular weight is 392 g/mol. The lowest BCUT2D eigenvalue weighted by Crippen LogP contribution is -2.28. The van der Waals surface area contributed by atoms with E-state index in [4.69, 9.17) is 0 Å². The zero-order valence-electron chi connectivity index (χ0n) is 14.2. The fraction of sp³-hybridized carbons (Fsp3) is 0.167. The van der Waals surface area contributed by atoms with E-state index in [1.807, 2.05) is 0 Å². The Morgan fingerprint density at radius 3 is 2.33 bits per heavy atom. The van der Waals surface area contributed by atoms with Crippen molar-refractivity contribution in [3.63, 3.8) is 0 Å². The summed E-state index contributed by atoms with van der Waals surface area (Å²) in [5.74, 6) is 0. The van der Waals surface area contributed by atoms with Gasteiger partial charge in [0, 0.05) is 24.5 Å². The largest absolute Gasteiger partial charge is 0.416 e. The maximum atomic E-state index is 12.8. The molecule has 2 amide bonds. The first-order valence-electron chi connectivity index (χ1n) is 8.02. The Kier molecular flexibility index (Phi) is 5.41. The number of hydrogen-bond donors (Lipinski definition) is 2. The Morgan fingerprint density at radius 1 is 1.07 bits per heavy atom. The summed E-state index contributed by atoms with van der Waals surface area (Å²) >= 11 is 1.24. The number of halogens is 3. The number of benzene rings is 1. The number of carbonyl (C=O) groups is 1. The molecule has 0 bridgehead atoms. The van der Waals surface area contributed by atoms with Gasteiger partial charge in [0.05, 0.1) is 16.1 Å². The van der Waals surface area contributed by atoms with Gasteiger partial charge in [0.1, 0.15) is 0 Å². The Balaban J connectivity index is 2.02. The van der Waals surface area contributed by atoms with Gasteiger partial charge < -0.3 is 5.32 Å². The molecule has 0 aliphatic carbocycles. The number of carbonyl (C=O) groups excluding carboxylic acids is 1. The number of hydrogen-bond acceptors (Lipinski definition) is 4. The fourth-order valence-electron chi connectivity index (χ4n) is 2.39. The molecule has 27 heavy (non-hydrogen) atoms. The molecule has 0 saturated carbocycles. The van der Waals surface area contributed by atoms with Crippen LogP contribution in [0.3, 0.4) is 0 Å². The molecule has 0 aliphatic heterocycles. The van der Waals surface area contributed by atoms with E-state index < -0.39 is 17.8 Å². The monoisotopic (exact) mass is 392 g/mol. The predicted molar refractivity (Wildman–Crippen MR) is 98.5 cm³/mol. The van der Waals surface area contributed by atoms with Gasteiger partial charge in [-0.1, -0.05) is 23.5 Å². The number of urea groups is 1. The van der Waals surface area contributed by atoms with Crippen molar-refractivity contribution in [3.05, 3.63) is 54.4 Å². The molecule has 0 fully saturated rings. The molecule has 2 aromatic heterocycles. The summed E-state index contributed by atoms with van der Waals surface area (Å²) in [7, 11) is 0. The lowest BCUT2D eigenvalue weighted by molar-refractivity contribution is -0.137. The summed E-state index contributed by atoms with van der Waals surface area (Å²) < 4.78 is 38.4. The van der Waals surface area contributed by atoms with Crippen molar-refractivity contribution in [1.29, 1.82) is 0 Å². The Bertz CT molecular complexity index is 924. The van der Waals surface area contributed by atoms with Crippen molar-refractivity contribution in [2.75, 3.05) is 11.9 Å². The standard InChI is InChI=1S/C18H15F3N4OS/c1-2-23-16(26)25-17-24-14(15(27-17)12-7-9-22-10-8-12)11-3-5-13(6-4-11)18(19,20)21/h3-10H,2H2,1H3,(H2,23,24,25,26). The summed E-state index contributed by atoms with van der Waals surface area (Å²) in [5, 5.41) is 5.60. The molecule has 2 N–H and O–H groups in total. The van der Waals surface area contributed by atoms with Crippen LogP contribution in [0.15, 0.2) is 48.8 Å². The lowest BCUT2D eigenvalue weighted by atomic mass is 10.1. The van der Waals surface area contributed by atoms with Crippen molar-refractivity contribution in [2.24, 2.45) is 0 Å². The molecule has 0 saturated heterocycles. The number of thiazole rings is 1. The number of pyridine rings is 1. The predicted octanol–water partition coefficient (Wildman–Crippen LogP) is 5.03. The second-order valence-corrected chi connectivity index (χ2v) is 6.49. The van der Waals surface area contributed by atoms with Crippen LogP contribution < -0.4 is 10.6 Å². The molecule has 0 radical (unpaired) electrons. The number of aromatic nitrogens is 2. The van der Waals surface area contributed by atoms with Crippen molar-refractivity contribution >= 4 is 22.5 Å². The Labute approximate surface area is 157 Å². The van der Waals surface area contributed by atoms with Crippen LogP contribution in [0, 0.1) is 0 Å². The van der Waals surface area contributed by atoms with Gasteiger partial charge in [0.15, 0.2) is 5.13 Å². The number of nitrogens with zero attached hydrogens (tertiary/aromatic N) is 2. The van der Waals surface area contributed by atoms with E-state index >= 15 is 0 Å². The van der Waals surface area contributed by atoms with Gasteiger partial charge in [0.25, 0.3) is 0 Å². The summed E-state index contributed by atoms with van der Waals surface area (Å²) in [5.41, 5.74) is 1.09. The molecular weight excluding hydrogens is 377 g/mol. The summed E-state index contributed by atoms with van der Waals surface area (Å²) in [6.07, 6.45) is -1.18. The first-order valence-corrected chi connectivity index (χ1v) is 8.84. The fourth-order valence-corrected chi connectivity index (χ4v) is 3.38. The minimum absolute atomic E-state index is 0.350. The van der Waals surface area contributed by atoms with Crippen molar-refractivity contribution < 1.29 is 18.0 Å². The highest BCUT2D eigenvalue weighted by molar-refractivity contribution is 7.19. The maximum absolute atomic E-state index is 12.8. The third kappa shape index (κ3) is 4.43. The summed E-state index contributed by atoms with van der Waals surface area (Å²) in [6.45, 7) is 2.25. The number of rotatable bonds is 4. The molecule has 5 nitrogen and oxygen atoms in total. The first kappa shape index (κ1) is 18.8. The molecule has 0 unspecified atom stereocenters. The van der Waals surface area contributed by atoms with Crippen LogP contribution >= 0.6 is 11.3 Å². The second-order valence-electron chi connectivity index (χ2n) is 5.49. The molecule has 3 aromatic rings. The Morgan fingerprint density at radius 2 is 1.74 bits per heavy atom.